The maximum absolute atomic E-state index is 13.9. The van der Waals surface area contributed by atoms with Gasteiger partial charge >= 0.3 is 0 Å². The molecule has 3 N–H and O–H groups in total. The Bertz CT molecular complexity index is 1110. The van der Waals surface area contributed by atoms with Crippen LogP contribution in [0.15, 0.2) is 59.1 Å². The van der Waals surface area contributed by atoms with E-state index in [1.165, 1.54) is 18.2 Å². The maximum Gasteiger partial charge on any atom is 0.255 e. The molecule has 1 heterocycles. The average molecular weight is 496 g/mol. The Morgan fingerprint density at radius 2 is 1.79 bits per heavy atom. The third-order valence-corrected chi connectivity index (χ3v) is 5.76. The summed E-state index contributed by atoms with van der Waals surface area (Å²) in [4.78, 5) is 12.7. The number of amides is 1. The minimum Gasteiger partial charge on any atom is -0.374 e. The molecule has 0 saturated heterocycles. The Labute approximate surface area is 184 Å². The smallest absolute Gasteiger partial charge is 0.255 e. The van der Waals surface area contributed by atoms with Gasteiger partial charge in [-0.2, -0.15) is 0 Å². The van der Waals surface area contributed by atoms with Gasteiger partial charge in [0, 0.05) is 36.9 Å². The third-order valence-electron chi connectivity index (χ3n) is 4.71. The van der Waals surface area contributed by atoms with Gasteiger partial charge in [0.1, 0.15) is 12.0 Å². The van der Waals surface area contributed by atoms with Crippen molar-refractivity contribution in [2.24, 2.45) is 0 Å². The highest BCUT2D eigenvalue weighted by atomic mass is 79.9. The van der Waals surface area contributed by atoms with Gasteiger partial charge in [-0.15, -0.1) is 0 Å². The lowest BCUT2D eigenvalue weighted by atomic mass is 9.96. The van der Waals surface area contributed by atoms with Crippen LogP contribution in [0.5, 0.6) is 0 Å². The van der Waals surface area contributed by atoms with Crippen LogP contribution in [0.2, 0.25) is 10.0 Å². The van der Waals surface area contributed by atoms with E-state index in [9.17, 15) is 14.3 Å². The third kappa shape index (κ3) is 4.04. The minimum atomic E-state index is -1.00. The van der Waals surface area contributed by atoms with E-state index in [4.69, 9.17) is 23.2 Å². The van der Waals surface area contributed by atoms with Crippen LogP contribution in [-0.2, 0) is 0 Å². The van der Waals surface area contributed by atoms with Gasteiger partial charge in [-0.1, -0.05) is 39.1 Å². The molecule has 1 aliphatic heterocycles. The van der Waals surface area contributed by atoms with Crippen molar-refractivity contribution in [2.75, 3.05) is 5.32 Å². The van der Waals surface area contributed by atoms with E-state index in [-0.39, 0.29) is 5.91 Å². The summed E-state index contributed by atoms with van der Waals surface area (Å²) in [5, 5.41) is 17.3. The Morgan fingerprint density at radius 1 is 1.07 bits per heavy atom. The first kappa shape index (κ1) is 20.3. The number of hydrogen-bond acceptors (Lipinski definition) is 3. The van der Waals surface area contributed by atoms with Crippen LogP contribution in [-0.4, -0.2) is 11.0 Å². The highest BCUT2D eigenvalue weighted by Crippen LogP contribution is 2.44. The molecule has 1 aliphatic rings. The second-order valence-corrected chi connectivity index (χ2v) is 8.34. The number of carbonyl (C=O) groups is 1. The molecule has 2 atom stereocenters. The monoisotopic (exact) mass is 494 g/mol. The van der Waals surface area contributed by atoms with Gasteiger partial charge in [0.15, 0.2) is 0 Å². The van der Waals surface area contributed by atoms with E-state index in [1.807, 2.05) is 0 Å². The summed E-state index contributed by atoms with van der Waals surface area (Å²) in [6.07, 6.45) is -1.00. The van der Waals surface area contributed by atoms with Crippen LogP contribution in [0.1, 0.15) is 39.3 Å². The van der Waals surface area contributed by atoms with E-state index in [2.05, 4.69) is 26.6 Å². The molecule has 0 bridgehead atoms. The zero-order chi connectivity index (χ0) is 20.7. The van der Waals surface area contributed by atoms with Crippen molar-refractivity contribution in [1.82, 2.24) is 5.32 Å². The molecule has 1 amide bonds. The van der Waals surface area contributed by atoms with Gasteiger partial charge in [-0.05, 0) is 60.2 Å². The summed E-state index contributed by atoms with van der Waals surface area (Å²) in [6, 6.07) is 13.4. The molecule has 0 aliphatic carbocycles. The molecule has 0 saturated carbocycles. The molecule has 0 radical (unpaired) electrons. The van der Waals surface area contributed by atoms with Crippen molar-refractivity contribution in [3.8, 4) is 0 Å². The predicted molar refractivity (Wildman–Crippen MR) is 115 cm³/mol. The summed E-state index contributed by atoms with van der Waals surface area (Å²) in [6.45, 7) is 0. The molecule has 8 heteroatoms. The fourth-order valence-electron chi connectivity index (χ4n) is 3.40. The lowest BCUT2D eigenvalue weighted by Gasteiger charge is -2.18. The van der Waals surface area contributed by atoms with Crippen molar-refractivity contribution in [1.29, 1.82) is 0 Å². The van der Waals surface area contributed by atoms with Crippen LogP contribution < -0.4 is 10.6 Å². The lowest BCUT2D eigenvalue weighted by Crippen LogP contribution is -2.20. The number of nitrogens with one attached hydrogen (secondary N) is 2. The van der Waals surface area contributed by atoms with Crippen LogP contribution >= 0.6 is 39.1 Å². The summed E-state index contributed by atoms with van der Waals surface area (Å²) >= 11 is 15.6. The van der Waals surface area contributed by atoms with E-state index in [0.717, 1.165) is 0 Å². The lowest BCUT2D eigenvalue weighted by molar-refractivity contribution is 0.102. The Hall–Kier alpha value is -1.96. The normalized spacial score (nSPS) is 17.8. The molecule has 2 unspecified atom stereocenters. The fourth-order valence-corrected chi connectivity index (χ4v) is 4.23. The first-order valence-electron chi connectivity index (χ1n) is 8.63. The van der Waals surface area contributed by atoms with Crippen LogP contribution in [0, 0.1) is 5.82 Å². The summed E-state index contributed by atoms with van der Waals surface area (Å²) < 4.78 is 14.5. The second-order valence-electron chi connectivity index (χ2n) is 6.59. The molecular weight excluding hydrogens is 482 g/mol. The minimum absolute atomic E-state index is 0.340. The topological polar surface area (TPSA) is 61.4 Å². The molecule has 29 heavy (non-hydrogen) atoms. The van der Waals surface area contributed by atoms with E-state index < -0.39 is 18.1 Å². The largest absolute Gasteiger partial charge is 0.374 e. The van der Waals surface area contributed by atoms with Crippen molar-refractivity contribution in [3.05, 3.63) is 97.2 Å². The molecule has 0 spiro atoms. The summed E-state index contributed by atoms with van der Waals surface area (Å²) in [7, 11) is 0. The Morgan fingerprint density at radius 3 is 2.52 bits per heavy atom. The molecule has 4 nitrogen and oxygen atoms in total. The van der Waals surface area contributed by atoms with E-state index in [0.29, 0.717) is 42.5 Å². The molecule has 148 valence electrons. The molecule has 3 aromatic rings. The highest BCUT2D eigenvalue weighted by molar-refractivity contribution is 9.10. The average Bonchev–Trinajstić information content (AvgIpc) is 3.00. The van der Waals surface area contributed by atoms with E-state index >= 15 is 0 Å². The van der Waals surface area contributed by atoms with Crippen molar-refractivity contribution < 1.29 is 14.3 Å². The van der Waals surface area contributed by atoms with Crippen LogP contribution in [0.3, 0.4) is 0 Å². The zero-order valence-electron chi connectivity index (χ0n) is 14.7. The van der Waals surface area contributed by atoms with Crippen LogP contribution in [0.25, 0.3) is 0 Å². The molecule has 3 aromatic carbocycles. The van der Waals surface area contributed by atoms with Crippen molar-refractivity contribution in [3.63, 3.8) is 0 Å². The Balaban J connectivity index is 1.78. The molecular formula is C21H14BrCl2FN2O2. The van der Waals surface area contributed by atoms with Gasteiger partial charge in [-0.25, -0.2) is 4.39 Å². The zero-order valence-corrected chi connectivity index (χ0v) is 17.8. The number of fused-ring (bicyclic) bond motifs is 1. The number of rotatable bonds is 3. The standard InChI is InChI=1S/C21H14BrCl2FN2O2/c22-11-7-15-18(17(8-11)26-20(28)10-1-3-12(23)4-2-10)19(27-21(15)29)14-9-13(25)5-6-16(14)24/h1-9,19,21,27,29H,(H,26,28). The molecule has 0 fully saturated rings. The fraction of sp³-hybridized carbons (Fsp3) is 0.0952. The second kappa shape index (κ2) is 8.05. The van der Waals surface area contributed by atoms with Gasteiger partial charge in [0.2, 0.25) is 0 Å². The number of hydrogen-bond donors (Lipinski definition) is 3. The maximum atomic E-state index is 13.9. The first-order valence-corrected chi connectivity index (χ1v) is 10.2. The van der Waals surface area contributed by atoms with E-state index in [1.54, 1.807) is 36.4 Å². The number of benzene rings is 3. The number of carbonyl (C=O) groups excluding carboxylic acids is 1. The first-order chi connectivity index (χ1) is 13.8. The SMILES string of the molecule is O=C(Nc1cc(Br)cc2c1C(c1cc(F)ccc1Cl)NC2O)c1ccc(Cl)cc1. The molecule has 0 aromatic heterocycles. The van der Waals surface area contributed by atoms with Gasteiger partial charge < -0.3 is 10.4 Å². The Kier molecular flexibility index (Phi) is 5.64. The number of anilines is 1. The quantitative estimate of drug-likeness (QED) is 0.428. The van der Waals surface area contributed by atoms with Gasteiger partial charge in [0.05, 0.1) is 6.04 Å². The van der Waals surface area contributed by atoms with Crippen molar-refractivity contribution in [2.45, 2.75) is 12.3 Å². The highest BCUT2D eigenvalue weighted by Gasteiger charge is 2.34. The van der Waals surface area contributed by atoms with Gasteiger partial charge in [-0.3, -0.25) is 10.1 Å². The number of aliphatic hydroxyl groups is 1. The van der Waals surface area contributed by atoms with Gasteiger partial charge in [0.25, 0.3) is 5.91 Å². The summed E-state index contributed by atoms with van der Waals surface area (Å²) in [5.41, 5.74) is 2.55. The summed E-state index contributed by atoms with van der Waals surface area (Å²) in [5.74, 6) is -0.787. The van der Waals surface area contributed by atoms with Crippen molar-refractivity contribution >= 4 is 50.7 Å². The molecule has 4 rings (SSSR count). The number of aliphatic hydroxyl groups excluding tert-OH is 1. The predicted octanol–water partition coefficient (Wildman–Crippen LogP) is 5.83. The number of halogens is 4. The van der Waals surface area contributed by atoms with Crippen LogP contribution in [0.4, 0.5) is 10.1 Å².